The summed E-state index contributed by atoms with van der Waals surface area (Å²) in [6.07, 6.45) is 4.19. The SMILES string of the molecule is COC(=O)c1occc1CNCC(C)CN1CCCC1. The molecule has 1 aromatic heterocycles. The van der Waals surface area contributed by atoms with Crippen LogP contribution in [-0.2, 0) is 11.3 Å². The number of rotatable bonds is 7. The molecule has 1 N–H and O–H groups in total. The third kappa shape index (κ3) is 4.08. The van der Waals surface area contributed by atoms with Crippen molar-refractivity contribution in [2.75, 3.05) is 33.3 Å². The van der Waals surface area contributed by atoms with Gasteiger partial charge in [-0.15, -0.1) is 0 Å². The number of carbonyl (C=O) groups excluding carboxylic acids is 1. The van der Waals surface area contributed by atoms with Gasteiger partial charge in [-0.05, 0) is 44.5 Å². The van der Waals surface area contributed by atoms with E-state index in [0.29, 0.717) is 18.2 Å². The van der Waals surface area contributed by atoms with Crippen molar-refractivity contribution >= 4 is 5.97 Å². The highest BCUT2D eigenvalue weighted by atomic mass is 16.5. The number of nitrogens with one attached hydrogen (secondary N) is 1. The minimum atomic E-state index is -0.420. The van der Waals surface area contributed by atoms with E-state index in [4.69, 9.17) is 4.42 Å². The minimum absolute atomic E-state index is 0.298. The molecular formula is C15H24N2O3. The van der Waals surface area contributed by atoms with Crippen LogP contribution in [0.15, 0.2) is 16.7 Å². The van der Waals surface area contributed by atoms with Crippen molar-refractivity contribution < 1.29 is 13.9 Å². The Labute approximate surface area is 120 Å². The fourth-order valence-electron chi connectivity index (χ4n) is 2.67. The molecule has 0 radical (unpaired) electrons. The number of hydrogen-bond acceptors (Lipinski definition) is 5. The molecule has 2 heterocycles. The van der Waals surface area contributed by atoms with Crippen LogP contribution >= 0.6 is 0 Å². The fraction of sp³-hybridized carbons (Fsp3) is 0.667. The van der Waals surface area contributed by atoms with E-state index in [9.17, 15) is 4.79 Å². The summed E-state index contributed by atoms with van der Waals surface area (Å²) in [6.45, 7) is 7.43. The summed E-state index contributed by atoms with van der Waals surface area (Å²) < 4.78 is 9.84. The van der Waals surface area contributed by atoms with E-state index in [1.54, 1.807) is 0 Å². The zero-order valence-electron chi connectivity index (χ0n) is 12.4. The molecule has 1 atom stereocenters. The van der Waals surface area contributed by atoms with Gasteiger partial charge < -0.3 is 19.4 Å². The quantitative estimate of drug-likeness (QED) is 0.773. The van der Waals surface area contributed by atoms with Gasteiger partial charge in [-0.3, -0.25) is 0 Å². The van der Waals surface area contributed by atoms with Crippen molar-refractivity contribution in [2.24, 2.45) is 5.92 Å². The molecule has 2 rings (SSSR count). The average Bonchev–Trinajstić information content (AvgIpc) is 3.09. The molecule has 5 heteroatoms. The van der Waals surface area contributed by atoms with Crippen LogP contribution in [-0.4, -0.2) is 44.2 Å². The second-order valence-electron chi connectivity index (χ2n) is 5.51. The van der Waals surface area contributed by atoms with Gasteiger partial charge in [0, 0.05) is 18.7 Å². The molecule has 20 heavy (non-hydrogen) atoms. The maximum atomic E-state index is 11.5. The van der Waals surface area contributed by atoms with Crippen molar-refractivity contribution in [1.82, 2.24) is 10.2 Å². The van der Waals surface area contributed by atoms with Crippen LogP contribution in [0.1, 0.15) is 35.9 Å². The minimum Gasteiger partial charge on any atom is -0.463 e. The van der Waals surface area contributed by atoms with E-state index in [2.05, 4.69) is 21.9 Å². The lowest BCUT2D eigenvalue weighted by Crippen LogP contribution is -2.31. The topological polar surface area (TPSA) is 54.7 Å². The number of likely N-dealkylation sites (tertiary alicyclic amines) is 1. The number of methoxy groups -OCH3 is 1. The van der Waals surface area contributed by atoms with Gasteiger partial charge in [0.05, 0.1) is 13.4 Å². The zero-order chi connectivity index (χ0) is 14.4. The number of carbonyl (C=O) groups is 1. The molecule has 0 saturated carbocycles. The first-order chi connectivity index (χ1) is 9.70. The molecule has 1 saturated heterocycles. The zero-order valence-corrected chi connectivity index (χ0v) is 12.4. The van der Waals surface area contributed by atoms with Crippen LogP contribution in [0.25, 0.3) is 0 Å². The van der Waals surface area contributed by atoms with Crippen molar-refractivity contribution in [2.45, 2.75) is 26.3 Å². The molecule has 0 spiro atoms. The van der Waals surface area contributed by atoms with E-state index in [1.807, 2.05) is 6.07 Å². The van der Waals surface area contributed by atoms with Crippen LogP contribution < -0.4 is 5.32 Å². The largest absolute Gasteiger partial charge is 0.463 e. The van der Waals surface area contributed by atoms with Gasteiger partial charge in [-0.1, -0.05) is 6.92 Å². The van der Waals surface area contributed by atoms with E-state index >= 15 is 0 Å². The van der Waals surface area contributed by atoms with E-state index in [1.165, 1.54) is 39.3 Å². The lowest BCUT2D eigenvalue weighted by molar-refractivity contribution is 0.0563. The Balaban J connectivity index is 1.72. The molecule has 0 amide bonds. The summed E-state index contributed by atoms with van der Waals surface area (Å²) >= 11 is 0. The number of furan rings is 1. The molecule has 1 aliphatic rings. The Morgan fingerprint density at radius 3 is 2.95 bits per heavy atom. The maximum absolute atomic E-state index is 11.5. The molecule has 0 aliphatic carbocycles. The predicted molar refractivity (Wildman–Crippen MR) is 76.6 cm³/mol. The molecular weight excluding hydrogens is 256 g/mol. The van der Waals surface area contributed by atoms with Crippen LogP contribution in [0.5, 0.6) is 0 Å². The van der Waals surface area contributed by atoms with Crippen molar-refractivity contribution in [3.05, 3.63) is 23.7 Å². The molecule has 0 aromatic carbocycles. The Hall–Kier alpha value is -1.33. The second-order valence-corrected chi connectivity index (χ2v) is 5.51. The monoisotopic (exact) mass is 280 g/mol. The highest BCUT2D eigenvalue weighted by Crippen LogP contribution is 2.12. The molecule has 112 valence electrons. The van der Waals surface area contributed by atoms with Gasteiger partial charge in [0.1, 0.15) is 0 Å². The smallest absolute Gasteiger partial charge is 0.374 e. The first-order valence-corrected chi connectivity index (χ1v) is 7.28. The van der Waals surface area contributed by atoms with Crippen molar-refractivity contribution in [3.63, 3.8) is 0 Å². The number of esters is 1. The van der Waals surface area contributed by atoms with E-state index < -0.39 is 5.97 Å². The Kier molecular flexibility index (Phi) is 5.61. The average molecular weight is 280 g/mol. The van der Waals surface area contributed by atoms with Gasteiger partial charge in [-0.2, -0.15) is 0 Å². The van der Waals surface area contributed by atoms with Gasteiger partial charge in [0.25, 0.3) is 0 Å². The Morgan fingerprint density at radius 1 is 1.50 bits per heavy atom. The van der Waals surface area contributed by atoms with Gasteiger partial charge in [-0.25, -0.2) is 4.79 Å². The van der Waals surface area contributed by atoms with Gasteiger partial charge >= 0.3 is 5.97 Å². The molecule has 1 unspecified atom stereocenters. The predicted octanol–water partition coefficient (Wildman–Crippen LogP) is 1.89. The normalized spacial score (nSPS) is 17.3. The van der Waals surface area contributed by atoms with Crippen molar-refractivity contribution in [1.29, 1.82) is 0 Å². The van der Waals surface area contributed by atoms with Gasteiger partial charge in [0.2, 0.25) is 5.76 Å². The summed E-state index contributed by atoms with van der Waals surface area (Å²) in [5.41, 5.74) is 0.852. The number of ether oxygens (including phenoxy) is 1. The lowest BCUT2D eigenvalue weighted by Gasteiger charge is -2.20. The Morgan fingerprint density at radius 2 is 2.25 bits per heavy atom. The second kappa shape index (κ2) is 7.45. The number of hydrogen-bond donors (Lipinski definition) is 1. The maximum Gasteiger partial charge on any atom is 0.374 e. The van der Waals surface area contributed by atoms with Crippen LogP contribution in [0, 0.1) is 5.92 Å². The summed E-state index contributed by atoms with van der Waals surface area (Å²) in [4.78, 5) is 14.0. The first kappa shape index (κ1) is 15.1. The van der Waals surface area contributed by atoms with Crippen LogP contribution in [0.4, 0.5) is 0 Å². The highest BCUT2D eigenvalue weighted by Gasteiger charge is 2.17. The molecule has 1 fully saturated rings. The molecule has 5 nitrogen and oxygen atoms in total. The van der Waals surface area contributed by atoms with Crippen LogP contribution in [0.3, 0.4) is 0 Å². The van der Waals surface area contributed by atoms with Crippen molar-refractivity contribution in [3.8, 4) is 0 Å². The Bertz CT molecular complexity index is 425. The summed E-state index contributed by atoms with van der Waals surface area (Å²) in [7, 11) is 1.36. The first-order valence-electron chi connectivity index (χ1n) is 7.28. The van der Waals surface area contributed by atoms with E-state index in [0.717, 1.165) is 18.7 Å². The number of nitrogens with zero attached hydrogens (tertiary/aromatic N) is 1. The van der Waals surface area contributed by atoms with Gasteiger partial charge in [0.15, 0.2) is 0 Å². The lowest BCUT2D eigenvalue weighted by atomic mass is 10.1. The molecule has 1 aromatic rings. The van der Waals surface area contributed by atoms with Crippen LogP contribution in [0.2, 0.25) is 0 Å². The third-order valence-electron chi connectivity index (χ3n) is 3.69. The van der Waals surface area contributed by atoms with E-state index in [-0.39, 0.29) is 0 Å². The summed E-state index contributed by atoms with van der Waals surface area (Å²) in [5.74, 6) is 0.477. The summed E-state index contributed by atoms with van der Waals surface area (Å²) in [6, 6.07) is 1.81. The summed E-state index contributed by atoms with van der Waals surface area (Å²) in [5, 5.41) is 3.39. The highest BCUT2D eigenvalue weighted by molar-refractivity contribution is 5.87. The third-order valence-corrected chi connectivity index (χ3v) is 3.69. The molecule has 1 aliphatic heterocycles. The fourth-order valence-corrected chi connectivity index (χ4v) is 2.67. The standard InChI is InChI=1S/C15H24N2O3/c1-12(11-17-6-3-4-7-17)9-16-10-13-5-8-20-14(13)15(18)19-2/h5,8,12,16H,3-4,6-7,9-11H2,1-2H3. The molecule has 0 bridgehead atoms.